The van der Waals surface area contributed by atoms with E-state index < -0.39 is 0 Å². The summed E-state index contributed by atoms with van der Waals surface area (Å²) in [4.78, 5) is 8.60. The van der Waals surface area contributed by atoms with Gasteiger partial charge in [-0.1, -0.05) is 113 Å². The molecule has 6 rings (SSSR count). The van der Waals surface area contributed by atoms with Gasteiger partial charge in [-0.05, 0) is 115 Å². The molecular weight excluding hydrogens is 569 g/mol. The number of hydrogen-bond donors (Lipinski definition) is 1. The van der Waals surface area contributed by atoms with Crippen LogP contribution in [0, 0.1) is 0 Å². The molecule has 0 unspecified atom stereocenters. The molecule has 0 radical (unpaired) electrons. The van der Waals surface area contributed by atoms with Gasteiger partial charge >= 0.3 is 0 Å². The summed E-state index contributed by atoms with van der Waals surface area (Å²) in [5, 5.41) is 2.59. The van der Waals surface area contributed by atoms with E-state index in [-0.39, 0.29) is 21.7 Å². The Kier molecular flexibility index (Phi) is 7.82. The predicted octanol–water partition coefficient (Wildman–Crippen LogP) is 12.9. The highest BCUT2D eigenvalue weighted by Gasteiger charge is 2.24. The van der Waals surface area contributed by atoms with E-state index in [0.29, 0.717) is 0 Å². The third kappa shape index (κ3) is 6.53. The van der Waals surface area contributed by atoms with Crippen LogP contribution in [0.3, 0.4) is 0 Å². The zero-order chi connectivity index (χ0) is 34.1. The van der Waals surface area contributed by atoms with Crippen LogP contribution < -0.4 is 0 Å². The van der Waals surface area contributed by atoms with Crippen molar-refractivity contribution >= 4 is 21.8 Å². The predicted molar refractivity (Wildman–Crippen MR) is 205 cm³/mol. The van der Waals surface area contributed by atoms with Crippen molar-refractivity contribution in [3.05, 3.63) is 113 Å². The molecule has 1 N–H and O–H groups in total. The second kappa shape index (κ2) is 11.2. The summed E-state index contributed by atoms with van der Waals surface area (Å²) >= 11 is 0. The quantitative estimate of drug-likeness (QED) is 0.209. The first-order chi connectivity index (χ1) is 21.8. The lowest BCUT2D eigenvalue weighted by Crippen LogP contribution is -2.13. The van der Waals surface area contributed by atoms with Gasteiger partial charge in [0.25, 0.3) is 0 Å². The van der Waals surface area contributed by atoms with Gasteiger partial charge in [-0.15, -0.1) is 0 Å². The lowest BCUT2D eigenvalue weighted by Gasteiger charge is -2.25. The third-order valence-corrected chi connectivity index (χ3v) is 9.64. The molecule has 0 atom stereocenters. The van der Waals surface area contributed by atoms with E-state index in [2.05, 4.69) is 167 Å². The number of fused-ring (bicyclic) bond motifs is 3. The van der Waals surface area contributed by atoms with Crippen molar-refractivity contribution in [2.45, 2.75) is 105 Å². The average Bonchev–Trinajstić information content (AvgIpc) is 3.37. The summed E-state index contributed by atoms with van der Waals surface area (Å²) in [6.07, 6.45) is 1.88. The van der Waals surface area contributed by atoms with Crippen LogP contribution in [0.15, 0.2) is 91.1 Å². The molecule has 0 bridgehead atoms. The SMILES string of the molecule is CC(C)(C)c1cc(-c2cc(-c3cc(C(C)(C)C)cc4c3[nH]c3ccc(C(C)(C)C)cc34)cc(C(C)(C)C)c2)cc(-c2ccccn2)c1. The fraction of sp³-hybridized carbons (Fsp3) is 0.356. The molecule has 0 saturated heterocycles. The Labute approximate surface area is 282 Å². The summed E-state index contributed by atoms with van der Waals surface area (Å²) < 4.78 is 0. The highest BCUT2D eigenvalue weighted by Crippen LogP contribution is 2.42. The zero-order valence-electron chi connectivity index (χ0n) is 30.6. The van der Waals surface area contributed by atoms with Crippen LogP contribution in [0.25, 0.3) is 55.3 Å². The molecular formula is C45H52N2. The number of hydrogen-bond acceptors (Lipinski definition) is 1. The van der Waals surface area contributed by atoms with Gasteiger partial charge in [0.15, 0.2) is 0 Å². The second-order valence-corrected chi connectivity index (χ2v) is 17.6. The van der Waals surface area contributed by atoms with Crippen LogP contribution >= 0.6 is 0 Å². The summed E-state index contributed by atoms with van der Waals surface area (Å²) in [6, 6.07) is 32.2. The molecule has 0 saturated carbocycles. The number of nitrogens with zero attached hydrogens (tertiary/aromatic N) is 1. The average molecular weight is 621 g/mol. The number of aromatic amines is 1. The standard InChI is InChI=1S/C45H52N2/c1-42(2,3)32-16-17-40-37(25-32)38-27-35(45(10,11)12)26-36(41(38)47-40)30-19-28(21-33(23-30)43(4,5)6)29-20-31(39-15-13-14-18-46-39)24-34(22-29)44(7,8)9/h13-27,47H,1-12H3. The highest BCUT2D eigenvalue weighted by atomic mass is 14.7. The van der Waals surface area contributed by atoms with Crippen LogP contribution in [0.4, 0.5) is 0 Å². The number of pyridine rings is 1. The lowest BCUT2D eigenvalue weighted by molar-refractivity contribution is 0.589. The van der Waals surface area contributed by atoms with Crippen molar-refractivity contribution in [1.29, 1.82) is 0 Å². The number of aromatic nitrogens is 2. The molecule has 0 aliphatic heterocycles. The first-order valence-electron chi connectivity index (χ1n) is 17.1. The maximum atomic E-state index is 4.73. The van der Waals surface area contributed by atoms with Crippen molar-refractivity contribution in [3.8, 4) is 33.5 Å². The first-order valence-corrected chi connectivity index (χ1v) is 17.1. The number of nitrogens with one attached hydrogen (secondary N) is 1. The molecule has 2 heteroatoms. The van der Waals surface area contributed by atoms with E-state index in [1.165, 1.54) is 66.3 Å². The second-order valence-electron chi connectivity index (χ2n) is 17.6. The van der Waals surface area contributed by atoms with Crippen LogP contribution in [0.1, 0.15) is 105 Å². The van der Waals surface area contributed by atoms with Crippen molar-refractivity contribution < 1.29 is 0 Å². The molecule has 0 aliphatic carbocycles. The number of rotatable bonds is 3. The largest absolute Gasteiger partial charge is 0.354 e. The summed E-state index contributed by atoms with van der Waals surface area (Å²) in [5.41, 5.74) is 14.9. The molecule has 2 aromatic heterocycles. The minimum atomic E-state index is -0.0287. The topological polar surface area (TPSA) is 28.7 Å². The van der Waals surface area contributed by atoms with E-state index in [4.69, 9.17) is 4.98 Å². The molecule has 0 fully saturated rings. The maximum absolute atomic E-state index is 4.73. The van der Waals surface area contributed by atoms with Crippen molar-refractivity contribution in [1.82, 2.24) is 9.97 Å². The Balaban J connectivity index is 1.67. The van der Waals surface area contributed by atoms with E-state index in [0.717, 1.165) is 11.3 Å². The Hall–Kier alpha value is -4.17. The highest BCUT2D eigenvalue weighted by molar-refractivity contribution is 6.12. The van der Waals surface area contributed by atoms with Gasteiger partial charge < -0.3 is 4.98 Å². The number of H-pyrrole nitrogens is 1. The summed E-state index contributed by atoms with van der Waals surface area (Å²) in [5.74, 6) is 0. The fourth-order valence-electron chi connectivity index (χ4n) is 6.42. The molecule has 0 aliphatic rings. The molecule has 242 valence electrons. The smallest absolute Gasteiger partial charge is 0.0702 e. The van der Waals surface area contributed by atoms with Crippen LogP contribution in [-0.2, 0) is 21.7 Å². The Bertz CT molecular complexity index is 2100. The van der Waals surface area contributed by atoms with Crippen LogP contribution in [-0.4, -0.2) is 9.97 Å². The zero-order valence-corrected chi connectivity index (χ0v) is 30.6. The van der Waals surface area contributed by atoms with E-state index >= 15 is 0 Å². The van der Waals surface area contributed by atoms with Crippen LogP contribution in [0.2, 0.25) is 0 Å². The molecule has 2 nitrogen and oxygen atoms in total. The van der Waals surface area contributed by atoms with E-state index in [1.54, 1.807) is 0 Å². The number of benzene rings is 4. The Morgan fingerprint density at radius 3 is 1.51 bits per heavy atom. The Morgan fingerprint density at radius 2 is 0.957 bits per heavy atom. The third-order valence-electron chi connectivity index (χ3n) is 9.64. The molecule has 0 spiro atoms. The van der Waals surface area contributed by atoms with Gasteiger partial charge in [0.05, 0.1) is 11.2 Å². The van der Waals surface area contributed by atoms with Gasteiger partial charge in [-0.25, -0.2) is 0 Å². The molecule has 0 amide bonds. The molecule has 6 aromatic rings. The monoisotopic (exact) mass is 620 g/mol. The molecule has 47 heavy (non-hydrogen) atoms. The van der Waals surface area contributed by atoms with Crippen molar-refractivity contribution in [3.63, 3.8) is 0 Å². The molecule has 4 aromatic carbocycles. The van der Waals surface area contributed by atoms with Gasteiger partial charge in [0.2, 0.25) is 0 Å². The first kappa shape index (κ1) is 32.8. The summed E-state index contributed by atoms with van der Waals surface area (Å²) in [7, 11) is 0. The Morgan fingerprint density at radius 1 is 0.447 bits per heavy atom. The van der Waals surface area contributed by atoms with Gasteiger partial charge in [0.1, 0.15) is 0 Å². The lowest BCUT2D eigenvalue weighted by atomic mass is 9.80. The van der Waals surface area contributed by atoms with Crippen molar-refractivity contribution in [2.75, 3.05) is 0 Å². The van der Waals surface area contributed by atoms with Gasteiger partial charge in [-0.2, -0.15) is 0 Å². The van der Waals surface area contributed by atoms with Crippen LogP contribution in [0.5, 0.6) is 0 Å². The van der Waals surface area contributed by atoms with Gasteiger partial charge in [0, 0.05) is 33.6 Å². The minimum absolute atomic E-state index is 0.00271. The van der Waals surface area contributed by atoms with Crippen molar-refractivity contribution in [2.24, 2.45) is 0 Å². The maximum Gasteiger partial charge on any atom is 0.0702 e. The summed E-state index contributed by atoms with van der Waals surface area (Å²) in [6.45, 7) is 27.7. The van der Waals surface area contributed by atoms with E-state index in [1.807, 2.05) is 12.3 Å². The minimum Gasteiger partial charge on any atom is -0.354 e. The fourth-order valence-corrected chi connectivity index (χ4v) is 6.42. The normalized spacial score (nSPS) is 13.1. The van der Waals surface area contributed by atoms with Gasteiger partial charge in [-0.3, -0.25) is 4.98 Å². The molecule has 2 heterocycles. The van der Waals surface area contributed by atoms with E-state index in [9.17, 15) is 0 Å².